The Morgan fingerprint density at radius 3 is 2.67 bits per heavy atom. The second-order valence-corrected chi connectivity index (χ2v) is 5.24. The summed E-state index contributed by atoms with van der Waals surface area (Å²) in [4.78, 5) is 5.47. The predicted octanol–water partition coefficient (Wildman–Crippen LogP) is 2.84. The molecule has 0 saturated carbocycles. The van der Waals surface area contributed by atoms with Crippen LogP contribution in [0, 0.1) is 6.92 Å². The Labute approximate surface area is 112 Å². The number of rotatable bonds is 5. The van der Waals surface area contributed by atoms with Crippen LogP contribution in [-0.4, -0.2) is 16.6 Å². The topological polar surface area (TPSA) is 45.2 Å². The van der Waals surface area contributed by atoms with E-state index < -0.39 is 6.10 Å². The molecule has 1 heterocycles. The molecular formula is C14H18N2OS. The van der Waals surface area contributed by atoms with Crippen molar-refractivity contribution in [1.82, 2.24) is 10.3 Å². The van der Waals surface area contributed by atoms with Crippen molar-refractivity contribution in [3.05, 3.63) is 52.0 Å². The fraction of sp³-hybridized carbons (Fsp3) is 0.357. The van der Waals surface area contributed by atoms with Crippen molar-refractivity contribution >= 4 is 11.3 Å². The summed E-state index contributed by atoms with van der Waals surface area (Å²) in [5, 5.41) is 13.4. The molecule has 0 aliphatic carbocycles. The van der Waals surface area contributed by atoms with Crippen LogP contribution in [-0.2, 0) is 0 Å². The zero-order valence-corrected chi connectivity index (χ0v) is 11.4. The van der Waals surface area contributed by atoms with Crippen molar-refractivity contribution in [2.24, 2.45) is 0 Å². The molecule has 1 aromatic carbocycles. The highest BCUT2D eigenvalue weighted by Gasteiger charge is 2.13. The average molecular weight is 262 g/mol. The Balaban J connectivity index is 1.90. The van der Waals surface area contributed by atoms with Crippen molar-refractivity contribution in [1.29, 1.82) is 0 Å². The molecule has 1 aromatic heterocycles. The lowest BCUT2D eigenvalue weighted by atomic mass is 10.1. The summed E-state index contributed by atoms with van der Waals surface area (Å²) in [6, 6.07) is 9.93. The molecule has 0 aliphatic rings. The first kappa shape index (κ1) is 13.2. The molecule has 0 aliphatic heterocycles. The zero-order valence-electron chi connectivity index (χ0n) is 10.6. The summed E-state index contributed by atoms with van der Waals surface area (Å²) in [6.07, 6.45) is -0.470. The van der Waals surface area contributed by atoms with Crippen LogP contribution in [0.3, 0.4) is 0 Å². The van der Waals surface area contributed by atoms with Crippen LogP contribution < -0.4 is 5.32 Å². The fourth-order valence-corrected chi connectivity index (χ4v) is 2.74. The van der Waals surface area contributed by atoms with E-state index in [4.69, 9.17) is 0 Å². The van der Waals surface area contributed by atoms with Crippen molar-refractivity contribution in [2.75, 3.05) is 6.54 Å². The third-order valence-corrected chi connectivity index (χ3v) is 4.09. The second-order valence-electron chi connectivity index (χ2n) is 4.36. The minimum Gasteiger partial charge on any atom is -0.387 e. The number of aryl methyl sites for hydroxylation is 1. The monoisotopic (exact) mass is 262 g/mol. The molecule has 2 rings (SSSR count). The van der Waals surface area contributed by atoms with Gasteiger partial charge in [-0.1, -0.05) is 30.3 Å². The molecule has 96 valence electrons. The van der Waals surface area contributed by atoms with E-state index in [0.29, 0.717) is 6.54 Å². The first-order valence-corrected chi connectivity index (χ1v) is 6.93. The summed E-state index contributed by atoms with van der Waals surface area (Å²) in [5.74, 6) is 0. The SMILES string of the molecule is Cc1ncsc1C(C)NCC(O)c1ccccc1. The van der Waals surface area contributed by atoms with Crippen LogP contribution in [0.15, 0.2) is 35.8 Å². The largest absolute Gasteiger partial charge is 0.387 e. The zero-order chi connectivity index (χ0) is 13.0. The van der Waals surface area contributed by atoms with Gasteiger partial charge in [-0.25, -0.2) is 4.98 Å². The Bertz CT molecular complexity index is 484. The maximum Gasteiger partial charge on any atom is 0.0914 e. The Hall–Kier alpha value is -1.23. The summed E-state index contributed by atoms with van der Waals surface area (Å²) in [7, 11) is 0. The van der Waals surface area contributed by atoms with Crippen LogP contribution in [0.25, 0.3) is 0 Å². The van der Waals surface area contributed by atoms with Crippen LogP contribution in [0.4, 0.5) is 0 Å². The number of aromatic nitrogens is 1. The first-order chi connectivity index (χ1) is 8.68. The van der Waals surface area contributed by atoms with Crippen LogP contribution >= 0.6 is 11.3 Å². The smallest absolute Gasteiger partial charge is 0.0914 e. The average Bonchev–Trinajstić information content (AvgIpc) is 2.83. The number of benzene rings is 1. The van der Waals surface area contributed by atoms with E-state index in [1.165, 1.54) is 4.88 Å². The number of nitrogens with one attached hydrogen (secondary N) is 1. The summed E-state index contributed by atoms with van der Waals surface area (Å²) in [5.41, 5.74) is 3.86. The summed E-state index contributed by atoms with van der Waals surface area (Å²) in [6.45, 7) is 4.65. The van der Waals surface area contributed by atoms with Gasteiger partial charge in [-0.05, 0) is 19.4 Å². The minimum absolute atomic E-state index is 0.218. The van der Waals surface area contributed by atoms with Crippen molar-refractivity contribution in [3.63, 3.8) is 0 Å². The second kappa shape index (κ2) is 6.09. The van der Waals surface area contributed by atoms with Crippen molar-refractivity contribution in [3.8, 4) is 0 Å². The molecule has 18 heavy (non-hydrogen) atoms. The number of nitrogens with zero attached hydrogens (tertiary/aromatic N) is 1. The minimum atomic E-state index is -0.470. The number of aliphatic hydroxyl groups excluding tert-OH is 1. The molecule has 0 saturated heterocycles. The molecule has 0 spiro atoms. The highest BCUT2D eigenvalue weighted by Crippen LogP contribution is 2.21. The molecule has 2 N–H and O–H groups in total. The molecule has 0 fully saturated rings. The number of aliphatic hydroxyl groups is 1. The fourth-order valence-electron chi connectivity index (χ4n) is 1.90. The Kier molecular flexibility index (Phi) is 4.47. The molecule has 0 amide bonds. The lowest BCUT2D eigenvalue weighted by Gasteiger charge is -2.16. The van der Waals surface area contributed by atoms with Crippen molar-refractivity contribution < 1.29 is 5.11 Å². The van der Waals surface area contributed by atoms with Gasteiger partial charge in [0.05, 0.1) is 17.3 Å². The van der Waals surface area contributed by atoms with Gasteiger partial charge in [0.1, 0.15) is 0 Å². The van der Waals surface area contributed by atoms with Crippen molar-refractivity contribution in [2.45, 2.75) is 26.0 Å². The highest BCUT2D eigenvalue weighted by molar-refractivity contribution is 7.09. The Morgan fingerprint density at radius 2 is 2.06 bits per heavy atom. The lowest BCUT2D eigenvalue weighted by molar-refractivity contribution is 0.171. The molecule has 0 radical (unpaired) electrons. The summed E-state index contributed by atoms with van der Waals surface area (Å²) >= 11 is 1.65. The van der Waals surface area contributed by atoms with E-state index in [1.54, 1.807) is 11.3 Å². The van der Waals surface area contributed by atoms with E-state index in [-0.39, 0.29) is 6.04 Å². The maximum atomic E-state index is 10.1. The van der Waals surface area contributed by atoms with E-state index in [2.05, 4.69) is 17.2 Å². The van der Waals surface area contributed by atoms with Gasteiger partial charge in [-0.2, -0.15) is 0 Å². The quantitative estimate of drug-likeness (QED) is 0.871. The molecular weight excluding hydrogens is 244 g/mol. The van der Waals surface area contributed by atoms with Gasteiger partial charge in [-0.15, -0.1) is 11.3 Å². The van der Waals surface area contributed by atoms with E-state index in [0.717, 1.165) is 11.3 Å². The standard InChI is InChI=1S/C14H18N2OS/c1-10(14-11(2)16-9-18-14)15-8-13(17)12-6-4-3-5-7-12/h3-7,9-10,13,15,17H,8H2,1-2H3. The van der Waals surface area contributed by atoms with E-state index >= 15 is 0 Å². The molecule has 3 nitrogen and oxygen atoms in total. The number of hydrogen-bond acceptors (Lipinski definition) is 4. The predicted molar refractivity (Wildman–Crippen MR) is 74.7 cm³/mol. The third kappa shape index (κ3) is 3.16. The first-order valence-electron chi connectivity index (χ1n) is 6.05. The van der Waals surface area contributed by atoms with Gasteiger partial charge >= 0.3 is 0 Å². The normalized spacial score (nSPS) is 14.4. The lowest BCUT2D eigenvalue weighted by Crippen LogP contribution is -2.24. The van der Waals surface area contributed by atoms with E-state index in [1.807, 2.05) is 42.8 Å². The van der Waals surface area contributed by atoms with Gasteiger partial charge in [-0.3, -0.25) is 0 Å². The third-order valence-electron chi connectivity index (χ3n) is 2.98. The summed E-state index contributed by atoms with van der Waals surface area (Å²) < 4.78 is 0. The van der Waals surface area contributed by atoms with Gasteiger partial charge in [0.25, 0.3) is 0 Å². The van der Waals surface area contributed by atoms with Gasteiger partial charge in [0, 0.05) is 17.5 Å². The van der Waals surface area contributed by atoms with E-state index in [9.17, 15) is 5.11 Å². The van der Waals surface area contributed by atoms with Gasteiger partial charge in [0.2, 0.25) is 0 Å². The number of hydrogen-bond donors (Lipinski definition) is 2. The molecule has 2 atom stereocenters. The van der Waals surface area contributed by atoms with Gasteiger partial charge < -0.3 is 10.4 Å². The molecule has 2 aromatic rings. The Morgan fingerprint density at radius 1 is 1.33 bits per heavy atom. The van der Waals surface area contributed by atoms with Gasteiger partial charge in [0.15, 0.2) is 0 Å². The van der Waals surface area contributed by atoms with Crippen LogP contribution in [0.5, 0.6) is 0 Å². The maximum absolute atomic E-state index is 10.1. The molecule has 2 unspecified atom stereocenters. The molecule has 4 heteroatoms. The highest BCUT2D eigenvalue weighted by atomic mass is 32.1. The number of thiazole rings is 1. The van der Waals surface area contributed by atoms with Crippen LogP contribution in [0.2, 0.25) is 0 Å². The molecule has 0 bridgehead atoms. The van der Waals surface area contributed by atoms with Crippen LogP contribution in [0.1, 0.15) is 35.2 Å².